The van der Waals surface area contributed by atoms with Gasteiger partial charge in [-0.1, -0.05) is 35.3 Å². The second-order valence-corrected chi connectivity index (χ2v) is 10.1. The fraction of sp³-hybridized carbons (Fsp3) is 0.158. The molecule has 0 aliphatic rings. The zero-order valence-corrected chi connectivity index (χ0v) is 18.4. The third-order valence-corrected chi connectivity index (χ3v) is 6.74. The molecule has 0 fully saturated rings. The van der Waals surface area contributed by atoms with E-state index < -0.39 is 10.0 Å². The van der Waals surface area contributed by atoms with E-state index in [0.717, 1.165) is 10.4 Å². The van der Waals surface area contributed by atoms with E-state index in [2.05, 4.69) is 15.0 Å². The lowest BCUT2D eigenvalue weighted by atomic mass is 10.1. The van der Waals surface area contributed by atoms with Crippen molar-refractivity contribution in [2.24, 2.45) is 0 Å². The molecule has 6 nitrogen and oxygen atoms in total. The number of sulfonamides is 1. The molecule has 0 aliphatic heterocycles. The molecule has 29 heavy (non-hydrogen) atoms. The summed E-state index contributed by atoms with van der Waals surface area (Å²) in [5.41, 5.74) is 1.56. The van der Waals surface area contributed by atoms with Gasteiger partial charge in [-0.2, -0.15) is 0 Å². The second kappa shape index (κ2) is 9.13. The van der Waals surface area contributed by atoms with Gasteiger partial charge in [0.2, 0.25) is 10.0 Å². The molecule has 1 aromatic heterocycles. The number of hydrogen-bond donors (Lipinski definition) is 2. The maximum absolute atomic E-state index is 12.5. The van der Waals surface area contributed by atoms with Crippen LogP contribution in [0.25, 0.3) is 0 Å². The van der Waals surface area contributed by atoms with Crippen molar-refractivity contribution in [2.45, 2.75) is 13.3 Å². The molecule has 1 amide bonds. The molecule has 0 atom stereocenters. The van der Waals surface area contributed by atoms with Crippen molar-refractivity contribution in [3.8, 4) is 0 Å². The number of anilines is 2. The number of benzene rings is 2. The Morgan fingerprint density at radius 2 is 1.97 bits per heavy atom. The van der Waals surface area contributed by atoms with Crippen LogP contribution in [-0.2, 0) is 16.4 Å². The van der Waals surface area contributed by atoms with Crippen LogP contribution in [0.2, 0.25) is 10.0 Å². The van der Waals surface area contributed by atoms with Gasteiger partial charge in [0, 0.05) is 38.8 Å². The van der Waals surface area contributed by atoms with Crippen LogP contribution in [0.5, 0.6) is 0 Å². The van der Waals surface area contributed by atoms with Gasteiger partial charge in [-0.25, -0.2) is 13.4 Å². The van der Waals surface area contributed by atoms with Gasteiger partial charge in [0.15, 0.2) is 5.13 Å². The molecular weight excluding hydrogens is 453 g/mol. The molecule has 2 aromatic carbocycles. The molecule has 3 rings (SSSR count). The first-order valence-electron chi connectivity index (χ1n) is 8.56. The first-order chi connectivity index (χ1) is 13.8. The molecule has 0 saturated carbocycles. The molecule has 0 unspecified atom stereocenters. The Morgan fingerprint density at radius 1 is 1.17 bits per heavy atom. The summed E-state index contributed by atoms with van der Waals surface area (Å²) in [5, 5.41) is 4.31. The summed E-state index contributed by atoms with van der Waals surface area (Å²) in [6, 6.07) is 11.6. The van der Waals surface area contributed by atoms with Crippen molar-refractivity contribution in [3.63, 3.8) is 0 Å². The molecule has 10 heteroatoms. The lowest BCUT2D eigenvalue weighted by molar-refractivity contribution is 0.102. The average molecular weight is 470 g/mol. The molecule has 0 bridgehead atoms. The summed E-state index contributed by atoms with van der Waals surface area (Å²) in [5.74, 6) is -0.434. The Kier molecular flexibility index (Phi) is 6.79. The van der Waals surface area contributed by atoms with Crippen molar-refractivity contribution < 1.29 is 13.2 Å². The summed E-state index contributed by atoms with van der Waals surface area (Å²) in [6.07, 6.45) is 2.24. The first-order valence-corrected chi connectivity index (χ1v) is 11.8. The highest BCUT2D eigenvalue weighted by molar-refractivity contribution is 7.92. The van der Waals surface area contributed by atoms with Gasteiger partial charge in [-0.05, 0) is 42.8 Å². The van der Waals surface area contributed by atoms with Crippen LogP contribution in [-0.4, -0.2) is 25.1 Å². The molecule has 1 heterocycles. The van der Waals surface area contributed by atoms with E-state index in [1.165, 1.54) is 24.3 Å². The van der Waals surface area contributed by atoms with Crippen LogP contribution in [0, 0.1) is 0 Å². The van der Waals surface area contributed by atoms with Crippen molar-refractivity contribution in [1.82, 2.24) is 4.98 Å². The van der Waals surface area contributed by atoms with Crippen molar-refractivity contribution in [3.05, 3.63) is 74.7 Å². The van der Waals surface area contributed by atoms with Gasteiger partial charge in [0.1, 0.15) is 0 Å². The van der Waals surface area contributed by atoms with Gasteiger partial charge < -0.3 is 0 Å². The fourth-order valence-corrected chi connectivity index (χ4v) is 4.38. The summed E-state index contributed by atoms with van der Waals surface area (Å²) in [6.45, 7) is 1.54. The molecule has 3 aromatic rings. The highest BCUT2D eigenvalue weighted by Crippen LogP contribution is 2.27. The normalized spacial score (nSPS) is 11.3. The van der Waals surface area contributed by atoms with E-state index in [9.17, 15) is 13.2 Å². The van der Waals surface area contributed by atoms with E-state index in [1.807, 2.05) is 6.07 Å². The smallest absolute Gasteiger partial charge is 0.257 e. The van der Waals surface area contributed by atoms with Gasteiger partial charge in [0.25, 0.3) is 5.91 Å². The highest BCUT2D eigenvalue weighted by atomic mass is 35.5. The standard InChI is InChI=1S/C19H17Cl2N3O3S2/c1-2-29(26,27)24-15-5-3-4-13(8-15)18(25)23-19-22-11-16(28-19)9-12-6-7-14(20)10-17(12)21/h3-8,10-11,24H,2,9H2,1H3,(H,22,23,25). The van der Waals surface area contributed by atoms with E-state index in [-0.39, 0.29) is 11.7 Å². The summed E-state index contributed by atoms with van der Waals surface area (Å²) in [4.78, 5) is 17.7. The first kappa shape index (κ1) is 21.6. The number of carbonyl (C=O) groups excluding carboxylic acids is 1. The maximum atomic E-state index is 12.5. The number of nitrogens with one attached hydrogen (secondary N) is 2. The number of halogens is 2. The third kappa shape index (κ3) is 5.93. The summed E-state index contributed by atoms with van der Waals surface area (Å²) in [7, 11) is -3.42. The number of thiazole rings is 1. The van der Waals surface area contributed by atoms with Crippen LogP contribution in [0.15, 0.2) is 48.7 Å². The number of rotatable bonds is 7. The van der Waals surface area contributed by atoms with Crippen LogP contribution in [0.3, 0.4) is 0 Å². The third-order valence-electron chi connectivity index (χ3n) is 3.93. The van der Waals surface area contributed by atoms with E-state index in [1.54, 1.807) is 36.5 Å². The quantitative estimate of drug-likeness (QED) is 0.506. The molecular formula is C19H17Cl2N3O3S2. The molecule has 0 saturated heterocycles. The molecule has 0 aliphatic carbocycles. The van der Waals surface area contributed by atoms with Gasteiger partial charge >= 0.3 is 0 Å². The zero-order valence-electron chi connectivity index (χ0n) is 15.3. The maximum Gasteiger partial charge on any atom is 0.257 e. The van der Waals surface area contributed by atoms with E-state index in [4.69, 9.17) is 23.2 Å². The lowest BCUT2D eigenvalue weighted by Gasteiger charge is -2.08. The molecule has 0 spiro atoms. The molecule has 152 valence electrons. The van der Waals surface area contributed by atoms with E-state index in [0.29, 0.717) is 32.8 Å². The number of carbonyl (C=O) groups is 1. The molecule has 2 N–H and O–H groups in total. The Hall–Kier alpha value is -2.13. The van der Waals surface area contributed by atoms with Crippen LogP contribution < -0.4 is 10.0 Å². The highest BCUT2D eigenvalue weighted by Gasteiger charge is 2.13. The van der Waals surface area contributed by atoms with Crippen molar-refractivity contribution in [1.29, 1.82) is 0 Å². The predicted molar refractivity (Wildman–Crippen MR) is 119 cm³/mol. The van der Waals surface area contributed by atoms with Crippen LogP contribution >= 0.6 is 34.5 Å². The SMILES string of the molecule is CCS(=O)(=O)Nc1cccc(C(=O)Nc2ncc(Cc3ccc(Cl)cc3Cl)s2)c1. The number of aromatic nitrogens is 1. The van der Waals surface area contributed by atoms with Crippen LogP contribution in [0.4, 0.5) is 10.8 Å². The lowest BCUT2D eigenvalue weighted by Crippen LogP contribution is -2.16. The van der Waals surface area contributed by atoms with Gasteiger partial charge in [-0.3, -0.25) is 14.8 Å². The minimum Gasteiger partial charge on any atom is -0.298 e. The Balaban J connectivity index is 1.69. The Bertz CT molecular complexity index is 1150. The largest absolute Gasteiger partial charge is 0.298 e. The van der Waals surface area contributed by atoms with Crippen molar-refractivity contribution in [2.75, 3.05) is 15.8 Å². The second-order valence-electron chi connectivity index (χ2n) is 6.08. The monoisotopic (exact) mass is 469 g/mol. The fourth-order valence-electron chi connectivity index (χ4n) is 2.44. The van der Waals surface area contributed by atoms with Gasteiger partial charge in [0.05, 0.1) is 5.75 Å². The summed E-state index contributed by atoms with van der Waals surface area (Å²) < 4.78 is 25.8. The Morgan fingerprint density at radius 3 is 2.69 bits per heavy atom. The topological polar surface area (TPSA) is 88.2 Å². The molecule has 0 radical (unpaired) electrons. The number of amides is 1. The predicted octanol–water partition coefficient (Wildman–Crippen LogP) is 5.05. The minimum absolute atomic E-state index is 0.0526. The zero-order chi connectivity index (χ0) is 21.0. The minimum atomic E-state index is -3.42. The van der Waals surface area contributed by atoms with E-state index >= 15 is 0 Å². The summed E-state index contributed by atoms with van der Waals surface area (Å²) >= 11 is 13.5. The average Bonchev–Trinajstić information content (AvgIpc) is 3.11. The van der Waals surface area contributed by atoms with Crippen LogP contribution in [0.1, 0.15) is 27.7 Å². The number of hydrogen-bond acceptors (Lipinski definition) is 5. The van der Waals surface area contributed by atoms with Crippen molar-refractivity contribution >= 4 is 61.3 Å². The Labute approximate surface area is 182 Å². The number of nitrogens with zero attached hydrogens (tertiary/aromatic N) is 1. The van der Waals surface area contributed by atoms with Gasteiger partial charge in [-0.15, -0.1) is 11.3 Å².